The molecule has 1 aromatic carbocycles. The lowest BCUT2D eigenvalue weighted by Crippen LogP contribution is -2.38. The van der Waals surface area contributed by atoms with Gasteiger partial charge in [-0.3, -0.25) is 4.79 Å². The van der Waals surface area contributed by atoms with Crippen LogP contribution in [0.4, 0.5) is 0 Å². The third-order valence-corrected chi connectivity index (χ3v) is 6.16. The van der Waals surface area contributed by atoms with Gasteiger partial charge in [0.15, 0.2) is 11.5 Å². The summed E-state index contributed by atoms with van der Waals surface area (Å²) in [6, 6.07) is 6.03. The molecule has 2 aliphatic rings. The van der Waals surface area contributed by atoms with Gasteiger partial charge in [-0.25, -0.2) is 0 Å². The SMILES string of the molecule is COc1ccc(C(CC(=O)N2CCC(c3nnc(C)o3)CC2)C2CC2)cc1OC. The molecule has 7 nitrogen and oxygen atoms in total. The molecule has 1 aliphatic carbocycles. The Bertz CT molecular complexity index is 853. The number of rotatable bonds is 7. The number of piperidine rings is 1. The number of hydrogen-bond donors (Lipinski definition) is 0. The molecular formula is C22H29N3O4. The van der Waals surface area contributed by atoms with Crippen molar-refractivity contribution in [2.75, 3.05) is 27.3 Å². The zero-order valence-corrected chi connectivity index (χ0v) is 17.4. The maximum Gasteiger partial charge on any atom is 0.223 e. The fourth-order valence-corrected chi connectivity index (χ4v) is 4.31. The van der Waals surface area contributed by atoms with Crippen LogP contribution in [0.2, 0.25) is 0 Å². The molecule has 1 saturated carbocycles. The van der Waals surface area contributed by atoms with E-state index in [1.54, 1.807) is 21.1 Å². The monoisotopic (exact) mass is 399 g/mol. The average Bonchev–Trinajstić information content (AvgIpc) is 3.51. The van der Waals surface area contributed by atoms with Crippen LogP contribution in [0.5, 0.6) is 11.5 Å². The normalized spacial score (nSPS) is 18.5. The largest absolute Gasteiger partial charge is 0.493 e. The van der Waals surface area contributed by atoms with Crippen LogP contribution >= 0.6 is 0 Å². The Kier molecular flexibility index (Phi) is 5.74. The van der Waals surface area contributed by atoms with E-state index in [0.29, 0.717) is 24.1 Å². The van der Waals surface area contributed by atoms with Crippen LogP contribution in [0.25, 0.3) is 0 Å². The number of carbonyl (C=O) groups excluding carboxylic acids is 1. The third-order valence-electron chi connectivity index (χ3n) is 6.16. The summed E-state index contributed by atoms with van der Waals surface area (Å²) in [5, 5.41) is 8.07. The predicted molar refractivity (Wildman–Crippen MR) is 107 cm³/mol. The van der Waals surface area contributed by atoms with Gasteiger partial charge in [-0.1, -0.05) is 6.07 Å². The number of hydrogen-bond acceptors (Lipinski definition) is 6. The average molecular weight is 399 g/mol. The van der Waals surface area contributed by atoms with E-state index < -0.39 is 0 Å². The maximum absolute atomic E-state index is 13.1. The highest BCUT2D eigenvalue weighted by molar-refractivity contribution is 5.77. The van der Waals surface area contributed by atoms with E-state index in [4.69, 9.17) is 13.9 Å². The Hall–Kier alpha value is -2.57. The predicted octanol–water partition coefficient (Wildman–Crippen LogP) is 3.69. The third kappa shape index (κ3) is 4.38. The quantitative estimate of drug-likeness (QED) is 0.707. The summed E-state index contributed by atoms with van der Waals surface area (Å²) in [5.41, 5.74) is 1.16. The van der Waals surface area contributed by atoms with Gasteiger partial charge in [0.05, 0.1) is 14.2 Å². The van der Waals surface area contributed by atoms with Crippen LogP contribution in [0.3, 0.4) is 0 Å². The molecule has 0 radical (unpaired) electrons. The van der Waals surface area contributed by atoms with E-state index in [9.17, 15) is 4.79 Å². The minimum atomic E-state index is 0.233. The number of ether oxygens (including phenoxy) is 2. The van der Waals surface area contributed by atoms with Crippen LogP contribution in [0.15, 0.2) is 22.6 Å². The lowest BCUT2D eigenvalue weighted by Gasteiger charge is -2.32. The van der Waals surface area contributed by atoms with E-state index >= 15 is 0 Å². The van der Waals surface area contributed by atoms with Crippen molar-refractivity contribution in [3.8, 4) is 11.5 Å². The number of methoxy groups -OCH3 is 2. The van der Waals surface area contributed by atoms with Crippen molar-refractivity contribution < 1.29 is 18.7 Å². The molecule has 1 aromatic heterocycles. The van der Waals surface area contributed by atoms with Crippen molar-refractivity contribution in [1.82, 2.24) is 15.1 Å². The molecule has 1 saturated heterocycles. The molecule has 0 bridgehead atoms. The van der Waals surface area contributed by atoms with Gasteiger partial charge < -0.3 is 18.8 Å². The summed E-state index contributed by atoms with van der Waals surface area (Å²) in [5.74, 6) is 4.04. The molecule has 29 heavy (non-hydrogen) atoms. The first-order valence-electron chi connectivity index (χ1n) is 10.4. The molecule has 156 valence electrons. The zero-order valence-electron chi connectivity index (χ0n) is 17.4. The van der Waals surface area contributed by atoms with Crippen LogP contribution < -0.4 is 9.47 Å². The molecule has 4 rings (SSSR count). The highest BCUT2D eigenvalue weighted by atomic mass is 16.5. The van der Waals surface area contributed by atoms with E-state index in [0.717, 1.165) is 43.0 Å². The van der Waals surface area contributed by atoms with Crippen molar-refractivity contribution in [2.24, 2.45) is 5.92 Å². The van der Waals surface area contributed by atoms with Crippen LogP contribution in [-0.4, -0.2) is 48.3 Å². The molecule has 7 heteroatoms. The van der Waals surface area contributed by atoms with Gasteiger partial charge in [0, 0.05) is 32.4 Å². The van der Waals surface area contributed by atoms with Crippen molar-refractivity contribution >= 4 is 5.91 Å². The van der Waals surface area contributed by atoms with E-state index in [-0.39, 0.29) is 17.7 Å². The number of nitrogens with zero attached hydrogens (tertiary/aromatic N) is 3. The molecular weight excluding hydrogens is 370 g/mol. The molecule has 1 unspecified atom stereocenters. The second kappa shape index (κ2) is 8.43. The fraction of sp³-hybridized carbons (Fsp3) is 0.591. The number of amides is 1. The van der Waals surface area contributed by atoms with E-state index in [2.05, 4.69) is 16.3 Å². The van der Waals surface area contributed by atoms with Crippen molar-refractivity contribution in [3.63, 3.8) is 0 Å². The summed E-state index contributed by atoms with van der Waals surface area (Å²) in [6.07, 6.45) is 4.66. The van der Waals surface area contributed by atoms with Gasteiger partial charge in [0.25, 0.3) is 0 Å². The summed E-state index contributed by atoms with van der Waals surface area (Å²) >= 11 is 0. The number of likely N-dealkylation sites (tertiary alicyclic amines) is 1. The van der Waals surface area contributed by atoms with Gasteiger partial charge in [0.1, 0.15) is 0 Å². The summed E-state index contributed by atoms with van der Waals surface area (Å²) in [7, 11) is 3.28. The zero-order chi connectivity index (χ0) is 20.4. The Morgan fingerprint density at radius 1 is 1.14 bits per heavy atom. The number of benzene rings is 1. The molecule has 2 aromatic rings. The topological polar surface area (TPSA) is 77.7 Å². The van der Waals surface area contributed by atoms with E-state index in [1.165, 1.54) is 12.8 Å². The molecule has 0 spiro atoms. The molecule has 1 aliphatic heterocycles. The number of carbonyl (C=O) groups is 1. The van der Waals surface area contributed by atoms with Crippen molar-refractivity contribution in [1.29, 1.82) is 0 Å². The Balaban J connectivity index is 1.40. The van der Waals surface area contributed by atoms with E-state index in [1.807, 2.05) is 17.0 Å². The fourth-order valence-electron chi connectivity index (χ4n) is 4.31. The van der Waals surface area contributed by atoms with Gasteiger partial charge in [-0.2, -0.15) is 0 Å². The summed E-state index contributed by atoms with van der Waals surface area (Å²) in [4.78, 5) is 15.1. The summed E-state index contributed by atoms with van der Waals surface area (Å²) < 4.78 is 16.4. The first-order valence-corrected chi connectivity index (χ1v) is 10.4. The maximum atomic E-state index is 13.1. The van der Waals surface area contributed by atoms with Gasteiger partial charge >= 0.3 is 0 Å². The van der Waals surface area contributed by atoms with Gasteiger partial charge in [0.2, 0.25) is 17.7 Å². The van der Waals surface area contributed by atoms with Crippen molar-refractivity contribution in [3.05, 3.63) is 35.5 Å². The lowest BCUT2D eigenvalue weighted by atomic mass is 9.89. The molecule has 2 heterocycles. The van der Waals surface area contributed by atoms with Crippen LogP contribution in [-0.2, 0) is 4.79 Å². The van der Waals surface area contributed by atoms with Gasteiger partial charge in [-0.15, -0.1) is 10.2 Å². The Labute approximate surface area is 171 Å². The number of aromatic nitrogens is 2. The first-order chi connectivity index (χ1) is 14.1. The molecule has 1 amide bonds. The lowest BCUT2D eigenvalue weighted by molar-refractivity contribution is -0.132. The smallest absolute Gasteiger partial charge is 0.223 e. The first kappa shape index (κ1) is 19.7. The standard InChI is InChI=1S/C22H29N3O4/c1-14-23-24-22(29-14)16-8-10-25(11-9-16)21(26)13-18(15-4-5-15)17-6-7-19(27-2)20(12-17)28-3/h6-7,12,15-16,18H,4-5,8-11,13H2,1-3H3. The molecule has 0 N–H and O–H groups in total. The second-order valence-electron chi connectivity index (χ2n) is 8.08. The highest BCUT2D eigenvalue weighted by Gasteiger charge is 2.36. The molecule has 2 fully saturated rings. The second-order valence-corrected chi connectivity index (χ2v) is 8.08. The molecule has 1 atom stereocenters. The van der Waals surface area contributed by atoms with Crippen LogP contribution in [0.1, 0.15) is 61.3 Å². The Morgan fingerprint density at radius 2 is 1.86 bits per heavy atom. The van der Waals surface area contributed by atoms with Gasteiger partial charge in [-0.05, 0) is 55.2 Å². The minimum absolute atomic E-state index is 0.233. The Morgan fingerprint density at radius 3 is 2.45 bits per heavy atom. The van der Waals surface area contributed by atoms with Crippen LogP contribution in [0, 0.1) is 12.8 Å². The van der Waals surface area contributed by atoms with Crippen molar-refractivity contribution in [2.45, 2.75) is 50.9 Å². The number of aryl methyl sites for hydroxylation is 1. The minimum Gasteiger partial charge on any atom is -0.493 e. The highest BCUT2D eigenvalue weighted by Crippen LogP contribution is 2.46. The summed E-state index contributed by atoms with van der Waals surface area (Å²) in [6.45, 7) is 3.30.